The van der Waals surface area contributed by atoms with E-state index in [2.05, 4.69) is 27.4 Å². The zero-order valence-corrected chi connectivity index (χ0v) is 18.9. The average Bonchev–Trinajstić information content (AvgIpc) is 3.15. The van der Waals surface area contributed by atoms with Crippen LogP contribution < -0.4 is 15.4 Å². The topological polar surface area (TPSA) is 98.1 Å². The van der Waals surface area contributed by atoms with Gasteiger partial charge in [-0.3, -0.25) is 9.59 Å². The molecule has 0 aliphatic heterocycles. The van der Waals surface area contributed by atoms with E-state index in [1.54, 1.807) is 54.2 Å². The van der Waals surface area contributed by atoms with Crippen LogP contribution in [-0.4, -0.2) is 39.4 Å². The maximum atomic E-state index is 12.5. The number of rotatable bonds is 10. The molecular formula is C22H22ClN5O3S. The summed E-state index contributed by atoms with van der Waals surface area (Å²) in [4.78, 5) is 24.9. The number of ether oxygens (including phenoxy) is 1. The number of halogens is 1. The first-order chi connectivity index (χ1) is 15.5. The van der Waals surface area contributed by atoms with Crippen molar-refractivity contribution in [3.63, 3.8) is 0 Å². The molecule has 0 unspecified atom stereocenters. The summed E-state index contributed by atoms with van der Waals surface area (Å²) in [5.41, 5.74) is 1.11. The Balaban J connectivity index is 1.64. The van der Waals surface area contributed by atoms with Gasteiger partial charge in [-0.05, 0) is 24.3 Å². The SMILES string of the molecule is C=CCn1c(CC(=O)Nc2ccccc2Cl)nnc1SCC(=O)Nc1ccccc1OC. The molecule has 0 atom stereocenters. The third-order valence-corrected chi connectivity index (χ3v) is 5.58. The fourth-order valence-electron chi connectivity index (χ4n) is 2.83. The molecule has 0 aliphatic carbocycles. The number of benzene rings is 2. The quantitative estimate of drug-likeness (QED) is 0.342. The van der Waals surface area contributed by atoms with Gasteiger partial charge in [-0.2, -0.15) is 0 Å². The van der Waals surface area contributed by atoms with Crippen LogP contribution in [0.1, 0.15) is 5.82 Å². The van der Waals surface area contributed by atoms with E-state index in [0.717, 1.165) is 0 Å². The van der Waals surface area contributed by atoms with Crippen LogP contribution in [0.4, 0.5) is 11.4 Å². The highest BCUT2D eigenvalue weighted by Gasteiger charge is 2.17. The summed E-state index contributed by atoms with van der Waals surface area (Å²) in [7, 11) is 1.54. The van der Waals surface area contributed by atoms with Crippen LogP contribution in [0.3, 0.4) is 0 Å². The zero-order chi connectivity index (χ0) is 22.9. The Labute approximate surface area is 195 Å². The summed E-state index contributed by atoms with van der Waals surface area (Å²) in [6.45, 7) is 4.15. The van der Waals surface area contributed by atoms with Crippen LogP contribution in [0.5, 0.6) is 5.75 Å². The van der Waals surface area contributed by atoms with Crippen molar-refractivity contribution in [1.29, 1.82) is 0 Å². The minimum absolute atomic E-state index is 0.0000335. The largest absolute Gasteiger partial charge is 0.495 e. The number of nitrogens with zero attached hydrogens (tertiary/aromatic N) is 3. The number of aromatic nitrogens is 3. The fourth-order valence-corrected chi connectivity index (χ4v) is 3.78. The summed E-state index contributed by atoms with van der Waals surface area (Å²) in [6, 6.07) is 14.1. The third kappa shape index (κ3) is 6.12. The molecule has 3 aromatic rings. The van der Waals surface area contributed by atoms with Crippen LogP contribution in [0.25, 0.3) is 0 Å². The number of allylic oxidation sites excluding steroid dienone is 1. The van der Waals surface area contributed by atoms with E-state index in [1.165, 1.54) is 11.8 Å². The second kappa shape index (κ2) is 11.4. The first-order valence-corrected chi connectivity index (χ1v) is 11.0. The van der Waals surface area contributed by atoms with Gasteiger partial charge in [0.25, 0.3) is 0 Å². The number of anilines is 2. The van der Waals surface area contributed by atoms with Gasteiger partial charge in [-0.15, -0.1) is 16.8 Å². The minimum atomic E-state index is -0.277. The van der Waals surface area contributed by atoms with Gasteiger partial charge < -0.3 is 19.9 Å². The molecule has 1 heterocycles. The van der Waals surface area contributed by atoms with Gasteiger partial charge in [0.05, 0.1) is 35.7 Å². The molecule has 0 radical (unpaired) electrons. The predicted octanol–water partition coefficient (Wildman–Crippen LogP) is 4.04. The average molecular weight is 472 g/mol. The molecule has 1 aromatic heterocycles. The number of para-hydroxylation sites is 3. The lowest BCUT2D eigenvalue weighted by molar-refractivity contribution is -0.116. The molecule has 0 bridgehead atoms. The molecule has 2 N–H and O–H groups in total. The third-order valence-electron chi connectivity index (χ3n) is 4.29. The summed E-state index contributed by atoms with van der Waals surface area (Å²) < 4.78 is 7.00. The number of carbonyl (C=O) groups excluding carboxylic acids is 2. The fraction of sp³-hybridized carbons (Fsp3) is 0.182. The van der Waals surface area contributed by atoms with Crippen LogP contribution in [0, 0.1) is 0 Å². The van der Waals surface area contributed by atoms with Crippen molar-refractivity contribution in [1.82, 2.24) is 14.8 Å². The Morgan fingerprint density at radius 1 is 1.09 bits per heavy atom. The summed E-state index contributed by atoms with van der Waals surface area (Å²) in [5, 5.41) is 14.8. The monoisotopic (exact) mass is 471 g/mol. The van der Waals surface area contributed by atoms with E-state index in [1.807, 2.05) is 12.1 Å². The lowest BCUT2D eigenvalue weighted by Gasteiger charge is -2.10. The van der Waals surface area contributed by atoms with Gasteiger partial charge in [-0.25, -0.2) is 0 Å². The van der Waals surface area contributed by atoms with Gasteiger partial charge in [0, 0.05) is 6.54 Å². The van der Waals surface area contributed by atoms with Crippen LogP contribution in [0.2, 0.25) is 5.02 Å². The maximum absolute atomic E-state index is 12.5. The van der Waals surface area contributed by atoms with E-state index in [9.17, 15) is 9.59 Å². The van der Waals surface area contributed by atoms with Gasteiger partial charge in [0.1, 0.15) is 11.6 Å². The van der Waals surface area contributed by atoms with E-state index in [-0.39, 0.29) is 24.0 Å². The van der Waals surface area contributed by atoms with Crippen molar-refractivity contribution in [3.8, 4) is 5.75 Å². The summed E-state index contributed by atoms with van der Waals surface area (Å²) >= 11 is 7.31. The van der Waals surface area contributed by atoms with Crippen LogP contribution in [0.15, 0.2) is 66.3 Å². The molecule has 0 aliphatic rings. The minimum Gasteiger partial charge on any atom is -0.495 e. The number of hydrogen-bond acceptors (Lipinski definition) is 6. The first kappa shape index (κ1) is 23.4. The molecule has 0 spiro atoms. The molecule has 0 saturated heterocycles. The molecule has 166 valence electrons. The van der Waals surface area contributed by atoms with Crippen molar-refractivity contribution in [2.45, 2.75) is 18.1 Å². The van der Waals surface area contributed by atoms with Gasteiger partial charge in [0.2, 0.25) is 11.8 Å². The Bertz CT molecular complexity index is 1120. The van der Waals surface area contributed by atoms with Crippen molar-refractivity contribution in [3.05, 3.63) is 72.0 Å². The number of hydrogen-bond donors (Lipinski definition) is 2. The van der Waals surface area contributed by atoms with Gasteiger partial charge in [-0.1, -0.05) is 53.7 Å². The number of amides is 2. The molecule has 2 amide bonds. The Kier molecular flexibility index (Phi) is 8.29. The zero-order valence-electron chi connectivity index (χ0n) is 17.4. The molecule has 32 heavy (non-hydrogen) atoms. The van der Waals surface area contributed by atoms with E-state index >= 15 is 0 Å². The van der Waals surface area contributed by atoms with Crippen LogP contribution >= 0.6 is 23.4 Å². The number of nitrogens with one attached hydrogen (secondary N) is 2. The predicted molar refractivity (Wildman–Crippen MR) is 126 cm³/mol. The number of carbonyl (C=O) groups is 2. The van der Waals surface area contributed by atoms with Gasteiger partial charge in [0.15, 0.2) is 5.16 Å². The van der Waals surface area contributed by atoms with Crippen LogP contribution in [-0.2, 0) is 22.6 Å². The highest BCUT2D eigenvalue weighted by atomic mass is 35.5. The van der Waals surface area contributed by atoms with E-state index in [4.69, 9.17) is 16.3 Å². The van der Waals surface area contributed by atoms with Crippen molar-refractivity contribution in [2.75, 3.05) is 23.5 Å². The standard InChI is InChI=1S/C22H22ClN5O3S/c1-3-12-28-19(13-20(29)24-16-9-5-4-8-15(16)23)26-27-22(28)32-14-21(30)25-17-10-6-7-11-18(17)31-2/h3-11H,1,12-14H2,2H3,(H,24,29)(H,25,30). The summed E-state index contributed by atoms with van der Waals surface area (Å²) in [5.74, 6) is 0.653. The van der Waals surface area contributed by atoms with Crippen molar-refractivity contribution < 1.29 is 14.3 Å². The molecule has 10 heteroatoms. The number of thioether (sulfide) groups is 1. The second-order valence-electron chi connectivity index (χ2n) is 6.54. The van der Waals surface area contributed by atoms with Crippen molar-refractivity contribution in [2.24, 2.45) is 0 Å². The molecule has 0 saturated carbocycles. The maximum Gasteiger partial charge on any atom is 0.234 e. The second-order valence-corrected chi connectivity index (χ2v) is 7.89. The Morgan fingerprint density at radius 2 is 1.78 bits per heavy atom. The molecule has 0 fully saturated rings. The van der Waals surface area contributed by atoms with E-state index < -0.39 is 0 Å². The van der Waals surface area contributed by atoms with Gasteiger partial charge >= 0.3 is 0 Å². The summed E-state index contributed by atoms with van der Waals surface area (Å²) in [6.07, 6.45) is 1.68. The molecule has 2 aromatic carbocycles. The lowest BCUT2D eigenvalue weighted by Crippen LogP contribution is -2.18. The number of methoxy groups -OCH3 is 1. The smallest absolute Gasteiger partial charge is 0.234 e. The lowest BCUT2D eigenvalue weighted by atomic mass is 10.3. The van der Waals surface area contributed by atoms with E-state index in [0.29, 0.717) is 39.7 Å². The Morgan fingerprint density at radius 3 is 2.50 bits per heavy atom. The first-order valence-electron chi connectivity index (χ1n) is 9.64. The highest BCUT2D eigenvalue weighted by molar-refractivity contribution is 7.99. The molecule has 8 nitrogen and oxygen atoms in total. The Hall–Kier alpha value is -3.30. The van der Waals surface area contributed by atoms with Crippen molar-refractivity contribution >= 4 is 46.6 Å². The molecule has 3 rings (SSSR count). The normalized spacial score (nSPS) is 10.4. The molecular weight excluding hydrogens is 450 g/mol. The highest BCUT2D eigenvalue weighted by Crippen LogP contribution is 2.24.